The first-order valence-electron chi connectivity index (χ1n) is 13.3. The Bertz CT molecular complexity index is 1640. The van der Waals surface area contributed by atoms with Crippen LogP contribution in [0.1, 0.15) is 47.1 Å². The topological polar surface area (TPSA) is 82.5 Å². The van der Waals surface area contributed by atoms with Gasteiger partial charge in [-0.2, -0.15) is 5.10 Å². The number of hydrogen-bond donors (Lipinski definition) is 1. The average Bonchev–Trinajstić information content (AvgIpc) is 3.51. The molecule has 0 aliphatic carbocycles. The lowest BCUT2D eigenvalue weighted by molar-refractivity contribution is 0.00707. The Morgan fingerprint density at radius 3 is 2.20 bits per heavy atom. The van der Waals surface area contributed by atoms with Gasteiger partial charge in [-0.25, -0.2) is 9.48 Å². The maximum absolute atomic E-state index is 13.8. The van der Waals surface area contributed by atoms with E-state index in [1.165, 1.54) is 0 Å². The van der Waals surface area contributed by atoms with Gasteiger partial charge in [0.1, 0.15) is 18.0 Å². The highest BCUT2D eigenvalue weighted by Gasteiger charge is 2.23. The van der Waals surface area contributed by atoms with Crippen LogP contribution in [0.25, 0.3) is 16.8 Å². The normalized spacial score (nSPS) is 11.1. The fourth-order valence-corrected chi connectivity index (χ4v) is 4.28. The Hall–Kier alpha value is -5.17. The zero-order valence-electron chi connectivity index (χ0n) is 23.2. The Labute approximate surface area is 239 Å². The van der Waals surface area contributed by atoms with Gasteiger partial charge in [-0.3, -0.25) is 4.79 Å². The summed E-state index contributed by atoms with van der Waals surface area (Å²) < 4.78 is 13.5. The number of ether oxygens (including phenoxy) is 2. The highest BCUT2D eigenvalue weighted by Crippen LogP contribution is 2.30. The number of anilines is 1. The number of hydrogen-bond acceptors (Lipinski definition) is 5. The van der Waals surface area contributed by atoms with Crippen LogP contribution >= 0.6 is 0 Å². The lowest BCUT2D eigenvalue weighted by Gasteiger charge is -2.21. The SMILES string of the molecule is CC(C)(C)OC(=O)c1ccc(-c2ccccc2)cc1NC(=O)c1ccc(-n2cccn2)cc1OCc1ccccc1. The van der Waals surface area contributed by atoms with Gasteiger partial charge in [0.25, 0.3) is 5.91 Å². The van der Waals surface area contributed by atoms with Crippen LogP contribution in [0.2, 0.25) is 0 Å². The number of amides is 1. The van der Waals surface area contributed by atoms with Crippen LogP contribution in [-0.2, 0) is 11.3 Å². The molecule has 0 fully saturated rings. The molecule has 0 saturated heterocycles. The minimum absolute atomic E-state index is 0.257. The molecule has 1 heterocycles. The molecular formula is C34H31N3O4. The summed E-state index contributed by atoms with van der Waals surface area (Å²) in [7, 11) is 0. The predicted molar refractivity (Wildman–Crippen MR) is 159 cm³/mol. The molecule has 0 aliphatic heterocycles. The second kappa shape index (κ2) is 11.9. The van der Waals surface area contributed by atoms with Crippen molar-refractivity contribution in [2.45, 2.75) is 33.0 Å². The second-order valence-corrected chi connectivity index (χ2v) is 10.5. The van der Waals surface area contributed by atoms with Crippen molar-refractivity contribution in [3.8, 4) is 22.6 Å². The van der Waals surface area contributed by atoms with Gasteiger partial charge in [0.2, 0.25) is 0 Å². The summed E-state index contributed by atoms with van der Waals surface area (Å²) in [4.78, 5) is 26.9. The Balaban J connectivity index is 1.50. The lowest BCUT2D eigenvalue weighted by atomic mass is 10.0. The molecular weight excluding hydrogens is 514 g/mol. The fourth-order valence-electron chi connectivity index (χ4n) is 4.28. The first-order valence-corrected chi connectivity index (χ1v) is 13.3. The smallest absolute Gasteiger partial charge is 0.340 e. The van der Waals surface area contributed by atoms with E-state index >= 15 is 0 Å². The number of rotatable bonds is 8. The predicted octanol–water partition coefficient (Wildman–Crippen LogP) is 7.33. The lowest BCUT2D eigenvalue weighted by Crippen LogP contribution is -2.25. The average molecular weight is 546 g/mol. The molecule has 1 aromatic heterocycles. The summed E-state index contributed by atoms with van der Waals surface area (Å²) >= 11 is 0. The Morgan fingerprint density at radius 1 is 0.805 bits per heavy atom. The third-order valence-electron chi connectivity index (χ3n) is 6.21. The van der Waals surface area contributed by atoms with E-state index in [4.69, 9.17) is 9.47 Å². The Kier molecular flexibility index (Phi) is 7.97. The van der Waals surface area contributed by atoms with Crippen LogP contribution in [0, 0.1) is 0 Å². The van der Waals surface area contributed by atoms with Gasteiger partial charge in [-0.1, -0.05) is 66.7 Å². The van der Waals surface area contributed by atoms with Crippen molar-refractivity contribution in [3.05, 3.63) is 132 Å². The van der Waals surface area contributed by atoms with E-state index in [-0.39, 0.29) is 12.2 Å². The molecule has 7 heteroatoms. The minimum Gasteiger partial charge on any atom is -0.488 e. The summed E-state index contributed by atoms with van der Waals surface area (Å²) in [5, 5.41) is 7.25. The molecule has 41 heavy (non-hydrogen) atoms. The zero-order valence-corrected chi connectivity index (χ0v) is 23.2. The van der Waals surface area contributed by atoms with Crippen molar-refractivity contribution in [1.29, 1.82) is 0 Å². The zero-order chi connectivity index (χ0) is 28.8. The van der Waals surface area contributed by atoms with Crippen LogP contribution in [0.4, 0.5) is 5.69 Å². The van der Waals surface area contributed by atoms with Crippen molar-refractivity contribution in [2.75, 3.05) is 5.32 Å². The van der Waals surface area contributed by atoms with Crippen LogP contribution in [0.15, 0.2) is 116 Å². The van der Waals surface area contributed by atoms with Gasteiger partial charge in [-0.05, 0) is 67.8 Å². The van der Waals surface area contributed by atoms with Crippen molar-refractivity contribution in [1.82, 2.24) is 9.78 Å². The van der Waals surface area contributed by atoms with Crippen LogP contribution < -0.4 is 10.1 Å². The van der Waals surface area contributed by atoms with Gasteiger partial charge in [0, 0.05) is 18.5 Å². The number of nitrogens with zero attached hydrogens (tertiary/aromatic N) is 2. The Morgan fingerprint density at radius 2 is 1.51 bits per heavy atom. The molecule has 1 N–H and O–H groups in total. The highest BCUT2D eigenvalue weighted by atomic mass is 16.6. The first kappa shape index (κ1) is 27.4. The monoisotopic (exact) mass is 545 g/mol. The molecule has 0 aliphatic rings. The van der Waals surface area contributed by atoms with E-state index in [2.05, 4.69) is 10.4 Å². The second-order valence-electron chi connectivity index (χ2n) is 10.5. The summed E-state index contributed by atoms with van der Waals surface area (Å²) in [6, 6.07) is 31.9. The first-order chi connectivity index (χ1) is 19.8. The molecule has 0 saturated carbocycles. The van der Waals surface area contributed by atoms with Crippen LogP contribution in [0.5, 0.6) is 5.75 Å². The standard InChI is InChI=1S/C34H31N3O4/c1-34(2,3)41-33(39)28-17-15-26(25-13-8-5-9-14-25)21-30(28)36-32(38)29-18-16-27(37-20-10-19-35-37)22-31(29)40-23-24-11-6-4-7-12-24/h4-22H,23H2,1-3H3,(H,36,38). The molecule has 1 amide bonds. The largest absolute Gasteiger partial charge is 0.488 e. The van der Waals surface area contributed by atoms with Crippen molar-refractivity contribution < 1.29 is 19.1 Å². The highest BCUT2D eigenvalue weighted by molar-refractivity contribution is 6.10. The fraction of sp³-hybridized carbons (Fsp3) is 0.147. The van der Waals surface area contributed by atoms with Crippen molar-refractivity contribution in [3.63, 3.8) is 0 Å². The molecule has 5 rings (SSSR count). The van der Waals surface area contributed by atoms with E-state index < -0.39 is 17.5 Å². The molecule has 0 spiro atoms. The van der Waals surface area contributed by atoms with E-state index in [0.717, 1.165) is 22.4 Å². The molecule has 7 nitrogen and oxygen atoms in total. The van der Waals surface area contributed by atoms with Gasteiger partial charge >= 0.3 is 5.97 Å². The number of benzene rings is 4. The number of nitrogens with one attached hydrogen (secondary N) is 1. The third-order valence-corrected chi connectivity index (χ3v) is 6.21. The van der Waals surface area contributed by atoms with Gasteiger partial charge < -0.3 is 14.8 Å². The van der Waals surface area contributed by atoms with Crippen molar-refractivity contribution >= 4 is 17.6 Å². The quantitative estimate of drug-likeness (QED) is 0.207. The molecule has 0 atom stereocenters. The van der Waals surface area contributed by atoms with Crippen LogP contribution in [-0.4, -0.2) is 27.3 Å². The third kappa shape index (κ3) is 6.89. The van der Waals surface area contributed by atoms with E-state index in [1.54, 1.807) is 62.0 Å². The maximum atomic E-state index is 13.8. The summed E-state index contributed by atoms with van der Waals surface area (Å²) in [5.41, 5.74) is 3.73. The minimum atomic E-state index is -0.697. The molecule has 4 aromatic carbocycles. The maximum Gasteiger partial charge on any atom is 0.340 e. The summed E-state index contributed by atoms with van der Waals surface area (Å²) in [5.74, 6) is -0.561. The van der Waals surface area contributed by atoms with Crippen LogP contribution in [0.3, 0.4) is 0 Å². The van der Waals surface area contributed by atoms with E-state index in [1.807, 2.05) is 79.0 Å². The van der Waals surface area contributed by atoms with E-state index in [0.29, 0.717) is 17.0 Å². The number of esters is 1. The molecule has 0 bridgehead atoms. The van der Waals surface area contributed by atoms with Gasteiger partial charge in [-0.15, -0.1) is 0 Å². The molecule has 0 radical (unpaired) electrons. The van der Waals surface area contributed by atoms with Crippen molar-refractivity contribution in [2.24, 2.45) is 0 Å². The number of aromatic nitrogens is 2. The molecule has 5 aromatic rings. The summed E-state index contributed by atoms with van der Waals surface area (Å²) in [6.07, 6.45) is 3.50. The summed E-state index contributed by atoms with van der Waals surface area (Å²) in [6.45, 7) is 5.69. The van der Waals surface area contributed by atoms with E-state index in [9.17, 15) is 9.59 Å². The van der Waals surface area contributed by atoms with Gasteiger partial charge in [0.15, 0.2) is 0 Å². The number of carbonyl (C=O) groups excluding carboxylic acids is 2. The molecule has 206 valence electrons. The van der Waals surface area contributed by atoms with Gasteiger partial charge in [0.05, 0.1) is 22.5 Å². The number of carbonyl (C=O) groups is 2. The molecule has 0 unspecified atom stereocenters.